The van der Waals surface area contributed by atoms with Crippen LogP contribution in [0.2, 0.25) is 0 Å². The Kier molecular flexibility index (Phi) is 4.29. The van der Waals surface area contributed by atoms with Crippen LogP contribution in [-0.4, -0.2) is 15.9 Å². The van der Waals surface area contributed by atoms with Crippen molar-refractivity contribution < 1.29 is 4.79 Å². The topological polar surface area (TPSA) is 74.8 Å². The zero-order valence-corrected chi connectivity index (χ0v) is 12.7. The molecule has 0 unspecified atom stereocenters. The first-order valence-electron chi connectivity index (χ1n) is 6.99. The molecular weight excluding hydrogens is 298 g/mol. The third-order valence-corrected chi connectivity index (χ3v) is 4.17. The zero-order valence-electron chi connectivity index (χ0n) is 11.8. The van der Waals surface area contributed by atoms with Gasteiger partial charge >= 0.3 is 0 Å². The molecule has 2 heterocycles. The molecule has 3 rings (SSSR count). The van der Waals surface area contributed by atoms with E-state index in [-0.39, 0.29) is 11.5 Å². The van der Waals surface area contributed by atoms with Gasteiger partial charge in [-0.05, 0) is 23.6 Å². The van der Waals surface area contributed by atoms with Crippen molar-refractivity contribution in [3.05, 3.63) is 62.8 Å². The highest BCUT2D eigenvalue weighted by Gasteiger charge is 2.06. The summed E-state index contributed by atoms with van der Waals surface area (Å²) in [5.74, 6) is 0.485. The summed E-state index contributed by atoms with van der Waals surface area (Å²) in [7, 11) is 0. The smallest absolute Gasteiger partial charge is 0.258 e. The SMILES string of the molecule is O=C(CCc1nc2ccccc2c(=O)[nH]1)NCc1cccs1. The van der Waals surface area contributed by atoms with Crippen molar-refractivity contribution in [3.63, 3.8) is 0 Å². The van der Waals surface area contributed by atoms with Crippen LogP contribution in [0.25, 0.3) is 10.9 Å². The minimum absolute atomic E-state index is 0.0517. The predicted molar refractivity (Wildman–Crippen MR) is 86.9 cm³/mol. The van der Waals surface area contributed by atoms with Crippen molar-refractivity contribution in [2.45, 2.75) is 19.4 Å². The van der Waals surface area contributed by atoms with Gasteiger partial charge in [0.2, 0.25) is 5.91 Å². The van der Waals surface area contributed by atoms with E-state index in [2.05, 4.69) is 15.3 Å². The Morgan fingerprint density at radius 3 is 2.91 bits per heavy atom. The van der Waals surface area contributed by atoms with E-state index in [1.54, 1.807) is 29.5 Å². The fourth-order valence-corrected chi connectivity index (χ4v) is 2.82. The van der Waals surface area contributed by atoms with Gasteiger partial charge in [0, 0.05) is 17.7 Å². The number of hydrogen-bond acceptors (Lipinski definition) is 4. The molecular formula is C16H15N3O2S. The molecule has 1 aromatic carbocycles. The first-order chi connectivity index (χ1) is 10.7. The van der Waals surface area contributed by atoms with Crippen LogP contribution >= 0.6 is 11.3 Å². The number of carbonyl (C=O) groups excluding carboxylic acids is 1. The normalized spacial score (nSPS) is 10.7. The molecule has 0 saturated carbocycles. The average molecular weight is 313 g/mol. The van der Waals surface area contributed by atoms with Crippen LogP contribution in [0.1, 0.15) is 17.1 Å². The highest BCUT2D eigenvalue weighted by atomic mass is 32.1. The number of rotatable bonds is 5. The Morgan fingerprint density at radius 2 is 2.09 bits per heavy atom. The van der Waals surface area contributed by atoms with Crippen LogP contribution in [0, 0.1) is 0 Å². The number of aryl methyl sites for hydroxylation is 1. The first-order valence-corrected chi connectivity index (χ1v) is 7.87. The quantitative estimate of drug-likeness (QED) is 0.758. The molecule has 1 amide bonds. The molecule has 3 aromatic rings. The highest BCUT2D eigenvalue weighted by Crippen LogP contribution is 2.08. The van der Waals surface area contributed by atoms with Gasteiger partial charge < -0.3 is 10.3 Å². The lowest BCUT2D eigenvalue weighted by Gasteiger charge is -2.04. The molecule has 0 saturated heterocycles. The van der Waals surface area contributed by atoms with E-state index in [9.17, 15) is 9.59 Å². The van der Waals surface area contributed by atoms with Crippen LogP contribution in [0.4, 0.5) is 0 Å². The summed E-state index contributed by atoms with van der Waals surface area (Å²) in [6.07, 6.45) is 0.711. The van der Waals surface area contributed by atoms with Gasteiger partial charge in [-0.1, -0.05) is 18.2 Å². The Labute approximate surface area is 131 Å². The van der Waals surface area contributed by atoms with Gasteiger partial charge in [-0.3, -0.25) is 9.59 Å². The molecule has 5 nitrogen and oxygen atoms in total. The maximum Gasteiger partial charge on any atom is 0.258 e. The van der Waals surface area contributed by atoms with Crippen molar-refractivity contribution >= 4 is 28.1 Å². The van der Waals surface area contributed by atoms with Crippen LogP contribution in [0.3, 0.4) is 0 Å². The molecule has 0 bridgehead atoms. The number of nitrogens with one attached hydrogen (secondary N) is 2. The number of amides is 1. The Hall–Kier alpha value is -2.47. The number of benzene rings is 1. The zero-order chi connectivity index (χ0) is 15.4. The second-order valence-electron chi connectivity index (χ2n) is 4.89. The van der Waals surface area contributed by atoms with E-state index in [1.165, 1.54) is 0 Å². The lowest BCUT2D eigenvalue weighted by atomic mass is 10.2. The summed E-state index contributed by atoms with van der Waals surface area (Å²) in [6.45, 7) is 0.540. The third-order valence-electron chi connectivity index (χ3n) is 3.29. The lowest BCUT2D eigenvalue weighted by Crippen LogP contribution is -2.23. The summed E-state index contributed by atoms with van der Waals surface area (Å²) in [5.41, 5.74) is 0.486. The lowest BCUT2D eigenvalue weighted by molar-refractivity contribution is -0.121. The van der Waals surface area contributed by atoms with Crippen molar-refractivity contribution in [2.75, 3.05) is 0 Å². The second-order valence-corrected chi connectivity index (χ2v) is 5.92. The van der Waals surface area contributed by atoms with Gasteiger partial charge in [-0.25, -0.2) is 4.98 Å². The predicted octanol–water partition coefficient (Wildman–Crippen LogP) is 2.23. The maximum absolute atomic E-state index is 11.9. The molecule has 112 valence electrons. The molecule has 0 radical (unpaired) electrons. The van der Waals surface area contributed by atoms with Gasteiger partial charge in [-0.15, -0.1) is 11.3 Å². The van der Waals surface area contributed by atoms with E-state index >= 15 is 0 Å². The molecule has 2 aromatic heterocycles. The van der Waals surface area contributed by atoms with Crippen molar-refractivity contribution in [1.29, 1.82) is 0 Å². The molecule has 2 N–H and O–H groups in total. The van der Waals surface area contributed by atoms with Gasteiger partial charge in [0.25, 0.3) is 5.56 Å². The minimum Gasteiger partial charge on any atom is -0.351 e. The molecule has 6 heteroatoms. The standard InChI is InChI=1S/C16H15N3O2S/c20-15(17-10-11-4-3-9-22-11)8-7-14-18-13-6-2-1-5-12(13)16(21)19-14/h1-6,9H,7-8,10H2,(H,17,20)(H,18,19,21). The van der Waals surface area contributed by atoms with Gasteiger partial charge in [0.1, 0.15) is 5.82 Å². The summed E-state index contributed by atoms with van der Waals surface area (Å²) in [5, 5.41) is 5.40. The Morgan fingerprint density at radius 1 is 1.23 bits per heavy atom. The Balaban J connectivity index is 1.61. The largest absolute Gasteiger partial charge is 0.351 e. The number of aromatic amines is 1. The third kappa shape index (κ3) is 3.40. The molecule has 0 spiro atoms. The molecule has 22 heavy (non-hydrogen) atoms. The van der Waals surface area contributed by atoms with Crippen LogP contribution < -0.4 is 10.9 Å². The van der Waals surface area contributed by atoms with Gasteiger partial charge in [0.15, 0.2) is 0 Å². The number of thiophene rings is 1. The number of hydrogen-bond donors (Lipinski definition) is 2. The number of H-pyrrole nitrogens is 1. The van der Waals surface area contributed by atoms with Gasteiger partial charge in [0.05, 0.1) is 17.4 Å². The fourth-order valence-electron chi connectivity index (χ4n) is 2.17. The van der Waals surface area contributed by atoms with Crippen molar-refractivity contribution in [2.24, 2.45) is 0 Å². The molecule has 0 aliphatic carbocycles. The van der Waals surface area contributed by atoms with E-state index in [0.717, 1.165) is 4.88 Å². The summed E-state index contributed by atoms with van der Waals surface area (Å²) >= 11 is 1.61. The molecule has 0 aliphatic rings. The fraction of sp³-hybridized carbons (Fsp3) is 0.188. The monoisotopic (exact) mass is 313 g/mol. The molecule has 0 atom stereocenters. The number of nitrogens with zero attached hydrogens (tertiary/aromatic N) is 1. The van der Waals surface area contributed by atoms with E-state index in [4.69, 9.17) is 0 Å². The van der Waals surface area contributed by atoms with Crippen molar-refractivity contribution in [1.82, 2.24) is 15.3 Å². The van der Waals surface area contributed by atoms with Crippen LogP contribution in [0.5, 0.6) is 0 Å². The second kappa shape index (κ2) is 6.53. The Bertz CT molecular complexity index is 840. The summed E-state index contributed by atoms with van der Waals surface area (Å²) in [4.78, 5) is 32.0. The van der Waals surface area contributed by atoms with E-state index < -0.39 is 0 Å². The summed E-state index contributed by atoms with van der Waals surface area (Å²) in [6, 6.07) is 11.1. The summed E-state index contributed by atoms with van der Waals surface area (Å²) < 4.78 is 0. The minimum atomic E-state index is -0.167. The van der Waals surface area contributed by atoms with Gasteiger partial charge in [-0.2, -0.15) is 0 Å². The maximum atomic E-state index is 11.9. The number of para-hydroxylation sites is 1. The number of aromatic nitrogens is 2. The van der Waals surface area contributed by atoms with Crippen molar-refractivity contribution in [3.8, 4) is 0 Å². The number of carbonyl (C=O) groups is 1. The number of fused-ring (bicyclic) bond motifs is 1. The van der Waals surface area contributed by atoms with Crippen LogP contribution in [0.15, 0.2) is 46.6 Å². The molecule has 0 fully saturated rings. The van der Waals surface area contributed by atoms with Crippen LogP contribution in [-0.2, 0) is 17.8 Å². The van der Waals surface area contributed by atoms with E-state index in [0.29, 0.717) is 36.1 Å². The highest BCUT2D eigenvalue weighted by molar-refractivity contribution is 7.09. The average Bonchev–Trinajstić information content (AvgIpc) is 3.04. The molecule has 0 aliphatic heterocycles. The first kappa shape index (κ1) is 14.5. The van der Waals surface area contributed by atoms with E-state index in [1.807, 2.05) is 23.6 Å².